The van der Waals surface area contributed by atoms with Crippen LogP contribution < -0.4 is 0 Å². The molecule has 0 N–H and O–H groups in total. The molecule has 0 heterocycles. The molecule has 4 nitrogen and oxygen atoms in total. The first kappa shape index (κ1) is 30.9. The van der Waals surface area contributed by atoms with Crippen molar-refractivity contribution in [1.29, 1.82) is 0 Å². The SMILES string of the molecule is CCCCCCCCCC/C=C\CCOC(=O)c1cccc(C(=O)OCCCCCCCCC)c1. The highest BCUT2D eigenvalue weighted by Crippen LogP contribution is 2.12. The second-order valence-electron chi connectivity index (χ2n) is 9.50. The summed E-state index contributed by atoms with van der Waals surface area (Å²) in [5.74, 6) is -0.780. The van der Waals surface area contributed by atoms with Crippen LogP contribution in [0.2, 0.25) is 0 Å². The third-order valence-electron chi connectivity index (χ3n) is 6.22. The maximum atomic E-state index is 12.3. The number of hydrogen-bond donors (Lipinski definition) is 0. The zero-order valence-electron chi connectivity index (χ0n) is 22.5. The number of carbonyl (C=O) groups is 2. The Balaban J connectivity index is 2.14. The fourth-order valence-corrected chi connectivity index (χ4v) is 4.02. The summed E-state index contributed by atoms with van der Waals surface area (Å²) in [4.78, 5) is 24.6. The topological polar surface area (TPSA) is 52.6 Å². The number of carbonyl (C=O) groups excluding carboxylic acids is 2. The Labute approximate surface area is 214 Å². The molecule has 0 unspecified atom stereocenters. The molecule has 1 rings (SSSR count). The Hall–Kier alpha value is -2.10. The third kappa shape index (κ3) is 17.0. The van der Waals surface area contributed by atoms with Crippen LogP contribution in [0.15, 0.2) is 36.4 Å². The van der Waals surface area contributed by atoms with Gasteiger partial charge in [-0.05, 0) is 43.9 Å². The molecule has 0 aliphatic heterocycles. The Kier molecular flexibility index (Phi) is 19.8. The van der Waals surface area contributed by atoms with Crippen LogP contribution in [0.3, 0.4) is 0 Å². The smallest absolute Gasteiger partial charge is 0.338 e. The molecule has 0 bridgehead atoms. The summed E-state index contributed by atoms with van der Waals surface area (Å²) < 4.78 is 10.7. The van der Waals surface area contributed by atoms with Gasteiger partial charge < -0.3 is 9.47 Å². The van der Waals surface area contributed by atoms with Crippen LogP contribution in [0.1, 0.15) is 144 Å². The van der Waals surface area contributed by atoms with Gasteiger partial charge in [-0.3, -0.25) is 0 Å². The quantitative estimate of drug-likeness (QED) is 0.0931. The van der Waals surface area contributed by atoms with Crippen molar-refractivity contribution < 1.29 is 19.1 Å². The van der Waals surface area contributed by atoms with Crippen LogP contribution in [0.4, 0.5) is 0 Å². The molecule has 0 saturated heterocycles. The van der Waals surface area contributed by atoms with E-state index < -0.39 is 5.97 Å². The predicted octanol–water partition coefficient (Wildman–Crippen LogP) is 9.23. The second-order valence-corrected chi connectivity index (χ2v) is 9.50. The molecule has 0 amide bonds. The van der Waals surface area contributed by atoms with E-state index in [1.165, 1.54) is 83.5 Å². The number of esters is 2. The maximum Gasteiger partial charge on any atom is 0.338 e. The molecule has 0 spiro atoms. The molecule has 4 heteroatoms. The van der Waals surface area contributed by atoms with Gasteiger partial charge in [0.25, 0.3) is 0 Å². The summed E-state index contributed by atoms with van der Waals surface area (Å²) in [6.07, 6.45) is 24.9. The highest BCUT2D eigenvalue weighted by atomic mass is 16.5. The molecule has 1 aromatic carbocycles. The predicted molar refractivity (Wildman–Crippen MR) is 146 cm³/mol. The van der Waals surface area contributed by atoms with E-state index in [4.69, 9.17) is 9.47 Å². The first-order chi connectivity index (χ1) is 17.2. The van der Waals surface area contributed by atoms with E-state index in [9.17, 15) is 9.59 Å². The fourth-order valence-electron chi connectivity index (χ4n) is 4.02. The van der Waals surface area contributed by atoms with E-state index in [0.29, 0.717) is 30.8 Å². The first-order valence-electron chi connectivity index (χ1n) is 14.3. The van der Waals surface area contributed by atoms with Crippen LogP contribution >= 0.6 is 0 Å². The van der Waals surface area contributed by atoms with E-state index in [2.05, 4.69) is 26.0 Å². The lowest BCUT2D eigenvalue weighted by Crippen LogP contribution is -2.10. The Morgan fingerprint density at radius 2 is 1.06 bits per heavy atom. The number of benzene rings is 1. The van der Waals surface area contributed by atoms with Crippen molar-refractivity contribution in [3.63, 3.8) is 0 Å². The van der Waals surface area contributed by atoms with Crippen molar-refractivity contribution >= 4 is 11.9 Å². The van der Waals surface area contributed by atoms with E-state index in [1.807, 2.05) is 0 Å². The molecule has 0 aliphatic rings. The third-order valence-corrected chi connectivity index (χ3v) is 6.22. The van der Waals surface area contributed by atoms with Crippen molar-refractivity contribution in [1.82, 2.24) is 0 Å². The molecular formula is C31H50O4. The number of rotatable bonds is 22. The van der Waals surface area contributed by atoms with E-state index in [-0.39, 0.29) is 5.97 Å². The van der Waals surface area contributed by atoms with Crippen LogP contribution in [0.5, 0.6) is 0 Å². The molecule has 0 aliphatic carbocycles. The van der Waals surface area contributed by atoms with E-state index in [0.717, 1.165) is 19.3 Å². The Bertz CT molecular complexity index is 695. The van der Waals surface area contributed by atoms with Crippen LogP contribution in [-0.4, -0.2) is 25.2 Å². The normalized spacial score (nSPS) is 11.1. The summed E-state index contributed by atoms with van der Waals surface area (Å²) in [6.45, 7) is 5.24. The van der Waals surface area contributed by atoms with Crippen molar-refractivity contribution in [2.24, 2.45) is 0 Å². The average Bonchev–Trinajstić information content (AvgIpc) is 2.88. The first-order valence-corrected chi connectivity index (χ1v) is 14.3. The summed E-state index contributed by atoms with van der Waals surface area (Å²) in [7, 11) is 0. The molecule has 1 aromatic rings. The minimum atomic E-state index is -0.400. The summed E-state index contributed by atoms with van der Waals surface area (Å²) in [5, 5.41) is 0. The summed E-state index contributed by atoms with van der Waals surface area (Å²) in [5.41, 5.74) is 0.783. The summed E-state index contributed by atoms with van der Waals surface area (Å²) >= 11 is 0. The highest BCUT2D eigenvalue weighted by Gasteiger charge is 2.12. The van der Waals surface area contributed by atoms with Gasteiger partial charge in [-0.25, -0.2) is 9.59 Å². The molecule has 0 saturated carbocycles. The van der Waals surface area contributed by atoms with Crippen molar-refractivity contribution in [2.75, 3.05) is 13.2 Å². The van der Waals surface area contributed by atoms with Gasteiger partial charge in [-0.2, -0.15) is 0 Å². The molecule has 35 heavy (non-hydrogen) atoms. The highest BCUT2D eigenvalue weighted by molar-refractivity contribution is 5.95. The second kappa shape index (κ2) is 22.4. The largest absolute Gasteiger partial charge is 0.462 e. The van der Waals surface area contributed by atoms with Gasteiger partial charge >= 0.3 is 11.9 Å². The zero-order valence-corrected chi connectivity index (χ0v) is 22.5. The fraction of sp³-hybridized carbons (Fsp3) is 0.677. The zero-order chi connectivity index (χ0) is 25.4. The van der Waals surface area contributed by atoms with Gasteiger partial charge in [-0.15, -0.1) is 0 Å². The average molecular weight is 487 g/mol. The van der Waals surface area contributed by atoms with Gasteiger partial charge in [0.15, 0.2) is 0 Å². The van der Waals surface area contributed by atoms with E-state index in [1.54, 1.807) is 24.3 Å². The Morgan fingerprint density at radius 1 is 0.600 bits per heavy atom. The minimum Gasteiger partial charge on any atom is -0.462 e. The lowest BCUT2D eigenvalue weighted by molar-refractivity contribution is 0.0497. The lowest BCUT2D eigenvalue weighted by atomic mass is 10.1. The van der Waals surface area contributed by atoms with Crippen LogP contribution in [-0.2, 0) is 9.47 Å². The van der Waals surface area contributed by atoms with Crippen molar-refractivity contribution in [2.45, 2.75) is 123 Å². The number of unbranched alkanes of at least 4 members (excludes halogenated alkanes) is 14. The number of allylic oxidation sites excluding steroid dienone is 1. The van der Waals surface area contributed by atoms with E-state index >= 15 is 0 Å². The van der Waals surface area contributed by atoms with Crippen LogP contribution in [0, 0.1) is 0 Å². The van der Waals surface area contributed by atoms with Crippen molar-refractivity contribution in [3.05, 3.63) is 47.5 Å². The van der Waals surface area contributed by atoms with Crippen molar-refractivity contribution in [3.8, 4) is 0 Å². The van der Waals surface area contributed by atoms with Gasteiger partial charge in [-0.1, -0.05) is 116 Å². The number of hydrogen-bond acceptors (Lipinski definition) is 4. The monoisotopic (exact) mass is 486 g/mol. The molecule has 0 aromatic heterocycles. The number of ether oxygens (including phenoxy) is 2. The molecule has 0 fully saturated rings. The molecule has 0 atom stereocenters. The molecular weight excluding hydrogens is 436 g/mol. The Morgan fingerprint density at radius 3 is 1.63 bits per heavy atom. The van der Waals surface area contributed by atoms with Crippen LogP contribution in [0.25, 0.3) is 0 Å². The van der Waals surface area contributed by atoms with Gasteiger partial charge in [0.05, 0.1) is 24.3 Å². The summed E-state index contributed by atoms with van der Waals surface area (Å²) in [6, 6.07) is 6.61. The van der Waals surface area contributed by atoms with Gasteiger partial charge in [0.2, 0.25) is 0 Å². The maximum absolute atomic E-state index is 12.3. The van der Waals surface area contributed by atoms with Gasteiger partial charge in [0, 0.05) is 0 Å². The molecule has 0 radical (unpaired) electrons. The van der Waals surface area contributed by atoms with Gasteiger partial charge in [0.1, 0.15) is 0 Å². The minimum absolute atomic E-state index is 0.347. The standard InChI is InChI=1S/C31H50O4/c1-3-5-7-9-11-12-13-14-15-17-19-21-26-35-31(33)29-24-22-23-28(27-29)30(32)34-25-20-18-16-10-8-6-4-2/h17,19,22-24,27H,3-16,18,20-21,25-26H2,1-2H3/b19-17-. The molecule has 198 valence electrons. The lowest BCUT2D eigenvalue weighted by Gasteiger charge is -2.07.